The highest BCUT2D eigenvalue weighted by molar-refractivity contribution is 5.99. The number of rotatable bonds is 4. The van der Waals surface area contributed by atoms with Crippen LogP contribution < -0.4 is 5.32 Å². The predicted octanol–water partition coefficient (Wildman–Crippen LogP) is 4.81. The van der Waals surface area contributed by atoms with Gasteiger partial charge in [-0.1, -0.05) is 53.7 Å². The van der Waals surface area contributed by atoms with Gasteiger partial charge in [-0.3, -0.25) is 4.79 Å². The topological polar surface area (TPSA) is 66.4 Å². The van der Waals surface area contributed by atoms with E-state index in [9.17, 15) is 9.59 Å². The maximum Gasteiger partial charge on any atom is 0.328 e. The zero-order valence-electron chi connectivity index (χ0n) is 16.2. The lowest BCUT2D eigenvalue weighted by Gasteiger charge is -2.26. The third kappa shape index (κ3) is 6.96. The van der Waals surface area contributed by atoms with E-state index < -0.39 is 5.97 Å². The second kappa shape index (κ2) is 7.68. The minimum Gasteiger partial charge on any atom is -0.478 e. The molecule has 0 aromatic heterocycles. The second-order valence-electron chi connectivity index (χ2n) is 8.35. The van der Waals surface area contributed by atoms with Crippen LogP contribution in [0.25, 0.3) is 0 Å². The molecule has 0 unspecified atom stereocenters. The summed E-state index contributed by atoms with van der Waals surface area (Å²) < 4.78 is 0. The van der Waals surface area contributed by atoms with Crippen molar-refractivity contribution in [3.63, 3.8) is 0 Å². The van der Waals surface area contributed by atoms with Crippen LogP contribution in [-0.4, -0.2) is 17.0 Å². The normalized spacial score (nSPS) is 13.2. The van der Waals surface area contributed by atoms with Gasteiger partial charge in [-0.05, 0) is 46.6 Å². The molecule has 1 aromatic rings. The average Bonchev–Trinajstić information content (AvgIpc) is 2.42. The van der Waals surface area contributed by atoms with Crippen molar-refractivity contribution in [3.05, 3.63) is 53.1 Å². The van der Waals surface area contributed by atoms with Crippen molar-refractivity contribution >= 4 is 17.6 Å². The summed E-state index contributed by atoms with van der Waals surface area (Å²) >= 11 is 0. The van der Waals surface area contributed by atoms with Gasteiger partial charge in [0.15, 0.2) is 0 Å². The zero-order chi connectivity index (χ0) is 19.4. The molecule has 136 valence electrons. The molecule has 0 fully saturated rings. The lowest BCUT2D eigenvalue weighted by atomic mass is 9.80. The second-order valence-corrected chi connectivity index (χ2v) is 8.35. The quantitative estimate of drug-likeness (QED) is 0.609. The predicted molar refractivity (Wildman–Crippen MR) is 103 cm³/mol. The molecule has 0 aliphatic carbocycles. The molecule has 1 aromatic carbocycles. The number of nitrogens with one attached hydrogen (secondary N) is 1. The van der Waals surface area contributed by atoms with Crippen LogP contribution in [0.4, 0.5) is 5.69 Å². The Morgan fingerprint density at radius 2 is 1.40 bits per heavy atom. The molecule has 0 aliphatic heterocycles. The molecular weight excluding hydrogens is 314 g/mol. The summed E-state index contributed by atoms with van der Waals surface area (Å²) in [6, 6.07) is 6.16. The van der Waals surface area contributed by atoms with E-state index in [0.29, 0.717) is 5.57 Å². The Hall–Kier alpha value is -2.36. The lowest BCUT2D eigenvalue weighted by molar-refractivity contribution is -0.131. The van der Waals surface area contributed by atoms with Gasteiger partial charge in [0.05, 0.1) is 0 Å². The average molecular weight is 343 g/mol. The van der Waals surface area contributed by atoms with Crippen LogP contribution >= 0.6 is 0 Å². The molecule has 25 heavy (non-hydrogen) atoms. The van der Waals surface area contributed by atoms with E-state index >= 15 is 0 Å². The first-order valence-electron chi connectivity index (χ1n) is 8.35. The fourth-order valence-corrected chi connectivity index (χ4v) is 2.20. The third-order valence-electron chi connectivity index (χ3n) is 3.78. The van der Waals surface area contributed by atoms with Gasteiger partial charge in [0, 0.05) is 17.8 Å². The van der Waals surface area contributed by atoms with Crippen LogP contribution in [0.1, 0.15) is 59.6 Å². The fraction of sp³-hybridized carbons (Fsp3) is 0.429. The number of aliphatic carboxylic acids is 1. The molecule has 0 heterocycles. The van der Waals surface area contributed by atoms with Crippen molar-refractivity contribution in [3.8, 4) is 0 Å². The molecular formula is C21H29NO3. The zero-order valence-corrected chi connectivity index (χ0v) is 16.2. The fourth-order valence-electron chi connectivity index (χ4n) is 2.20. The number of carboxylic acid groups (broad SMARTS) is 1. The van der Waals surface area contributed by atoms with Gasteiger partial charge in [-0.15, -0.1) is 0 Å². The van der Waals surface area contributed by atoms with E-state index in [1.54, 1.807) is 6.92 Å². The van der Waals surface area contributed by atoms with Crippen LogP contribution in [0.2, 0.25) is 0 Å². The standard InChI is InChI=1S/C21H29NO3/c1-14(10-19(24)25)8-9-18(23)22-17-12-15(20(2,3)4)11-16(13-17)21(5,6)7/h8-13H,1-7H3,(H,22,23)(H,24,25)/b9-8+,14-10+. The molecule has 0 spiro atoms. The number of amides is 1. The summed E-state index contributed by atoms with van der Waals surface area (Å²) in [6.07, 6.45) is 3.89. The number of hydrogen-bond donors (Lipinski definition) is 2. The highest BCUT2D eigenvalue weighted by Gasteiger charge is 2.20. The third-order valence-corrected chi connectivity index (χ3v) is 3.78. The molecule has 1 amide bonds. The van der Waals surface area contributed by atoms with Crippen LogP contribution in [0, 0.1) is 0 Å². The van der Waals surface area contributed by atoms with Crippen molar-refractivity contribution in [1.82, 2.24) is 0 Å². The maximum atomic E-state index is 12.2. The van der Waals surface area contributed by atoms with Gasteiger partial charge >= 0.3 is 5.97 Å². The van der Waals surface area contributed by atoms with Gasteiger partial charge in [0.1, 0.15) is 0 Å². The Bertz CT molecular complexity index is 681. The molecule has 0 saturated carbocycles. The molecule has 0 atom stereocenters. The van der Waals surface area contributed by atoms with Crippen molar-refractivity contribution in [1.29, 1.82) is 0 Å². The van der Waals surface area contributed by atoms with Crippen LogP contribution in [0.15, 0.2) is 42.0 Å². The van der Waals surface area contributed by atoms with Gasteiger partial charge < -0.3 is 10.4 Å². The molecule has 1 rings (SSSR count). The summed E-state index contributed by atoms with van der Waals surface area (Å²) in [7, 11) is 0. The summed E-state index contributed by atoms with van der Waals surface area (Å²) in [5, 5.41) is 11.6. The molecule has 4 nitrogen and oxygen atoms in total. The maximum absolute atomic E-state index is 12.2. The molecule has 0 bridgehead atoms. The first-order valence-corrected chi connectivity index (χ1v) is 8.35. The van der Waals surface area contributed by atoms with Crippen LogP contribution in [0.3, 0.4) is 0 Å². The van der Waals surface area contributed by atoms with Crippen LogP contribution in [-0.2, 0) is 20.4 Å². The van der Waals surface area contributed by atoms with Gasteiger partial charge in [0.25, 0.3) is 0 Å². The highest BCUT2D eigenvalue weighted by Crippen LogP contribution is 2.32. The van der Waals surface area contributed by atoms with E-state index in [1.165, 1.54) is 12.2 Å². The van der Waals surface area contributed by atoms with E-state index in [4.69, 9.17) is 5.11 Å². The molecule has 0 aliphatic rings. The Morgan fingerprint density at radius 1 is 0.920 bits per heavy atom. The van der Waals surface area contributed by atoms with Crippen molar-refractivity contribution < 1.29 is 14.7 Å². The SMILES string of the molecule is CC(/C=C/C(=O)Nc1cc(C(C)(C)C)cc(C(C)(C)C)c1)=C\C(=O)O. The lowest BCUT2D eigenvalue weighted by Crippen LogP contribution is -2.18. The van der Waals surface area contributed by atoms with Gasteiger partial charge in [-0.2, -0.15) is 0 Å². The highest BCUT2D eigenvalue weighted by atomic mass is 16.4. The molecule has 2 N–H and O–H groups in total. The van der Waals surface area contributed by atoms with Crippen molar-refractivity contribution in [2.24, 2.45) is 0 Å². The summed E-state index contributed by atoms with van der Waals surface area (Å²) in [6.45, 7) is 14.5. The van der Waals surface area contributed by atoms with Crippen molar-refractivity contribution in [2.75, 3.05) is 5.32 Å². The first-order chi connectivity index (χ1) is 11.3. The van der Waals surface area contributed by atoms with Gasteiger partial charge in [-0.25, -0.2) is 4.79 Å². The minimum atomic E-state index is -1.03. The summed E-state index contributed by atoms with van der Waals surface area (Å²) in [5.74, 6) is -1.32. The number of carbonyl (C=O) groups is 2. The smallest absolute Gasteiger partial charge is 0.328 e. The number of carbonyl (C=O) groups excluding carboxylic acids is 1. The number of benzene rings is 1. The number of allylic oxidation sites excluding steroid dienone is 2. The van der Waals surface area contributed by atoms with E-state index in [1.807, 2.05) is 12.1 Å². The first kappa shape index (κ1) is 20.7. The minimum absolute atomic E-state index is 0.0304. The Balaban J connectivity index is 3.11. The molecule has 0 saturated heterocycles. The largest absolute Gasteiger partial charge is 0.478 e. The molecule has 4 heteroatoms. The summed E-state index contributed by atoms with van der Waals surface area (Å²) in [4.78, 5) is 22.7. The monoisotopic (exact) mass is 343 g/mol. The summed E-state index contributed by atoms with van der Waals surface area (Å²) in [5.41, 5.74) is 3.49. The van der Waals surface area contributed by atoms with E-state index in [0.717, 1.165) is 22.9 Å². The number of hydrogen-bond acceptors (Lipinski definition) is 2. The Morgan fingerprint density at radius 3 is 1.80 bits per heavy atom. The Labute approximate surface area is 150 Å². The van der Waals surface area contributed by atoms with E-state index in [2.05, 4.69) is 52.9 Å². The van der Waals surface area contributed by atoms with E-state index in [-0.39, 0.29) is 16.7 Å². The number of carboxylic acids is 1. The Kier molecular flexibility index (Phi) is 6.36. The van der Waals surface area contributed by atoms with Gasteiger partial charge in [0.2, 0.25) is 5.91 Å². The van der Waals surface area contributed by atoms with Crippen LogP contribution in [0.5, 0.6) is 0 Å². The van der Waals surface area contributed by atoms with Crippen molar-refractivity contribution in [2.45, 2.75) is 59.3 Å². The molecule has 0 radical (unpaired) electrons. The number of anilines is 1.